The highest BCUT2D eigenvalue weighted by atomic mass is 32.1. The minimum Gasteiger partial charge on any atom is -0.478 e. The van der Waals surface area contributed by atoms with Crippen LogP contribution in [0.15, 0.2) is 60.1 Å². The van der Waals surface area contributed by atoms with Crippen LogP contribution in [0.4, 0.5) is 5.69 Å². The van der Waals surface area contributed by atoms with Crippen molar-refractivity contribution in [2.24, 2.45) is 0 Å². The largest absolute Gasteiger partial charge is 0.478 e. The third-order valence-corrected chi connectivity index (χ3v) is 4.57. The molecule has 0 radical (unpaired) electrons. The van der Waals surface area contributed by atoms with Crippen LogP contribution in [0.5, 0.6) is 5.88 Å². The Morgan fingerprint density at radius 2 is 2.00 bits per heavy atom. The molecule has 0 atom stereocenters. The van der Waals surface area contributed by atoms with Gasteiger partial charge in [-0.25, -0.2) is 4.98 Å². The van der Waals surface area contributed by atoms with Gasteiger partial charge in [-0.1, -0.05) is 18.2 Å². The minimum atomic E-state index is -0.242. The first-order chi connectivity index (χ1) is 13.2. The number of pyridine rings is 1. The van der Waals surface area contributed by atoms with Crippen molar-refractivity contribution in [3.8, 4) is 5.88 Å². The first-order valence-electron chi connectivity index (χ1n) is 8.47. The van der Waals surface area contributed by atoms with Crippen molar-refractivity contribution in [3.05, 3.63) is 76.1 Å². The predicted octanol–water partition coefficient (Wildman–Crippen LogP) is 3.72. The molecule has 138 valence electrons. The van der Waals surface area contributed by atoms with Crippen LogP contribution >= 0.6 is 11.3 Å². The summed E-state index contributed by atoms with van der Waals surface area (Å²) in [5.74, 6) is 0.0741. The average Bonchev–Trinajstić information content (AvgIpc) is 3.22. The maximum Gasteiger partial charge on any atom is 0.265 e. The molecular formula is C20H19N3O3S. The molecule has 0 saturated carbocycles. The summed E-state index contributed by atoms with van der Waals surface area (Å²) in [6.07, 6.45) is 1.65. The molecule has 0 unspecified atom stereocenters. The lowest BCUT2D eigenvalue weighted by Gasteiger charge is -2.10. The molecule has 2 amide bonds. The zero-order valence-corrected chi connectivity index (χ0v) is 15.6. The number of ether oxygens (including phenoxy) is 1. The Kier molecular flexibility index (Phi) is 6.17. The maximum absolute atomic E-state index is 12.5. The SMILES string of the molecule is CCOc1ncccc1CNC(=O)c1cccc(NC(=O)c2cccs2)c1. The van der Waals surface area contributed by atoms with Crippen molar-refractivity contribution in [1.29, 1.82) is 0 Å². The lowest BCUT2D eigenvalue weighted by Crippen LogP contribution is -2.23. The van der Waals surface area contributed by atoms with E-state index in [2.05, 4.69) is 15.6 Å². The van der Waals surface area contributed by atoms with Gasteiger partial charge in [-0.05, 0) is 42.6 Å². The van der Waals surface area contributed by atoms with Crippen LogP contribution in [-0.4, -0.2) is 23.4 Å². The van der Waals surface area contributed by atoms with Crippen LogP contribution in [0.1, 0.15) is 32.5 Å². The summed E-state index contributed by atoms with van der Waals surface area (Å²) in [4.78, 5) is 29.4. The molecule has 3 aromatic rings. The quantitative estimate of drug-likeness (QED) is 0.654. The molecule has 0 aliphatic heterocycles. The van der Waals surface area contributed by atoms with Crippen LogP contribution in [0.25, 0.3) is 0 Å². The zero-order chi connectivity index (χ0) is 19.1. The average molecular weight is 381 g/mol. The van der Waals surface area contributed by atoms with E-state index in [9.17, 15) is 9.59 Å². The van der Waals surface area contributed by atoms with E-state index in [1.165, 1.54) is 11.3 Å². The van der Waals surface area contributed by atoms with Crippen molar-refractivity contribution in [2.45, 2.75) is 13.5 Å². The van der Waals surface area contributed by atoms with E-state index in [-0.39, 0.29) is 11.8 Å². The van der Waals surface area contributed by atoms with Crippen molar-refractivity contribution in [1.82, 2.24) is 10.3 Å². The predicted molar refractivity (Wildman–Crippen MR) is 105 cm³/mol. The molecule has 6 nitrogen and oxygen atoms in total. The number of thiophene rings is 1. The standard InChI is InChI=1S/C20H19N3O3S/c1-2-26-20-15(7-4-10-21-20)13-22-18(24)14-6-3-8-16(12-14)23-19(25)17-9-5-11-27-17/h3-12H,2,13H2,1H3,(H,22,24)(H,23,25). The van der Waals surface area contributed by atoms with Gasteiger partial charge in [0.2, 0.25) is 5.88 Å². The highest BCUT2D eigenvalue weighted by Crippen LogP contribution is 2.16. The van der Waals surface area contributed by atoms with E-state index in [0.717, 1.165) is 5.56 Å². The maximum atomic E-state index is 12.5. The van der Waals surface area contributed by atoms with E-state index >= 15 is 0 Å². The van der Waals surface area contributed by atoms with Gasteiger partial charge in [0.1, 0.15) is 0 Å². The molecule has 0 saturated heterocycles. The summed E-state index contributed by atoms with van der Waals surface area (Å²) in [6.45, 7) is 2.69. The highest BCUT2D eigenvalue weighted by Gasteiger charge is 2.11. The molecule has 3 rings (SSSR count). The molecule has 7 heteroatoms. The van der Waals surface area contributed by atoms with Crippen LogP contribution in [0.3, 0.4) is 0 Å². The molecular weight excluding hydrogens is 362 g/mol. The second-order valence-electron chi connectivity index (χ2n) is 5.60. The lowest BCUT2D eigenvalue weighted by atomic mass is 10.1. The number of nitrogens with zero attached hydrogens (tertiary/aromatic N) is 1. The molecule has 2 heterocycles. The van der Waals surface area contributed by atoms with Crippen LogP contribution in [0, 0.1) is 0 Å². The highest BCUT2D eigenvalue weighted by molar-refractivity contribution is 7.12. The topological polar surface area (TPSA) is 80.3 Å². The lowest BCUT2D eigenvalue weighted by molar-refractivity contribution is 0.0949. The minimum absolute atomic E-state index is 0.195. The van der Waals surface area contributed by atoms with E-state index in [4.69, 9.17) is 4.74 Å². The van der Waals surface area contributed by atoms with Crippen LogP contribution < -0.4 is 15.4 Å². The number of nitrogens with one attached hydrogen (secondary N) is 2. The number of rotatable bonds is 7. The molecule has 2 N–H and O–H groups in total. The van der Waals surface area contributed by atoms with Gasteiger partial charge in [0.15, 0.2) is 0 Å². The van der Waals surface area contributed by atoms with Crippen LogP contribution in [-0.2, 0) is 6.54 Å². The Bertz CT molecular complexity index is 926. The second-order valence-corrected chi connectivity index (χ2v) is 6.54. The summed E-state index contributed by atoms with van der Waals surface area (Å²) >= 11 is 1.36. The molecule has 2 aromatic heterocycles. The van der Waals surface area contributed by atoms with Gasteiger partial charge < -0.3 is 15.4 Å². The number of aromatic nitrogens is 1. The van der Waals surface area contributed by atoms with Gasteiger partial charge in [-0.15, -0.1) is 11.3 Å². The molecule has 1 aromatic carbocycles. The first-order valence-corrected chi connectivity index (χ1v) is 9.35. The molecule has 0 bridgehead atoms. The number of carbonyl (C=O) groups is 2. The fourth-order valence-corrected chi connectivity index (χ4v) is 3.06. The summed E-state index contributed by atoms with van der Waals surface area (Å²) < 4.78 is 5.46. The number of carbonyl (C=O) groups excluding carboxylic acids is 2. The third-order valence-electron chi connectivity index (χ3n) is 3.70. The summed E-state index contributed by atoms with van der Waals surface area (Å²) in [6, 6.07) is 14.0. The van der Waals surface area contributed by atoms with Gasteiger partial charge in [0.25, 0.3) is 11.8 Å². The van der Waals surface area contributed by atoms with Crippen LogP contribution in [0.2, 0.25) is 0 Å². The van der Waals surface area contributed by atoms with Crippen molar-refractivity contribution in [3.63, 3.8) is 0 Å². The van der Waals surface area contributed by atoms with Gasteiger partial charge in [-0.3, -0.25) is 9.59 Å². The van der Waals surface area contributed by atoms with Gasteiger partial charge in [0, 0.05) is 29.6 Å². The van der Waals surface area contributed by atoms with Gasteiger partial charge in [-0.2, -0.15) is 0 Å². The van der Waals surface area contributed by atoms with Crippen molar-refractivity contribution >= 4 is 28.8 Å². The summed E-state index contributed by atoms with van der Waals surface area (Å²) in [5.41, 5.74) is 1.83. The molecule has 0 aliphatic carbocycles. The number of amides is 2. The molecule has 27 heavy (non-hydrogen) atoms. The van der Waals surface area contributed by atoms with E-state index in [1.807, 2.05) is 24.4 Å². The number of hydrogen-bond donors (Lipinski definition) is 2. The first kappa shape index (κ1) is 18.6. The Morgan fingerprint density at radius 1 is 1.11 bits per heavy atom. The zero-order valence-electron chi connectivity index (χ0n) is 14.8. The van der Waals surface area contributed by atoms with Crippen molar-refractivity contribution in [2.75, 3.05) is 11.9 Å². The van der Waals surface area contributed by atoms with Gasteiger partial charge >= 0.3 is 0 Å². The number of hydrogen-bond acceptors (Lipinski definition) is 5. The number of benzene rings is 1. The van der Waals surface area contributed by atoms with E-state index in [1.54, 1.807) is 42.6 Å². The summed E-state index contributed by atoms with van der Waals surface area (Å²) in [7, 11) is 0. The van der Waals surface area contributed by atoms with Gasteiger partial charge in [0.05, 0.1) is 11.5 Å². The van der Waals surface area contributed by atoms with Crippen molar-refractivity contribution < 1.29 is 14.3 Å². The smallest absolute Gasteiger partial charge is 0.265 e. The normalized spacial score (nSPS) is 10.3. The Hall–Kier alpha value is -3.19. The number of anilines is 1. The monoisotopic (exact) mass is 381 g/mol. The Balaban J connectivity index is 1.64. The third kappa shape index (κ3) is 4.92. The fraction of sp³-hybridized carbons (Fsp3) is 0.150. The molecule has 0 fully saturated rings. The Labute approximate surface area is 161 Å². The second kappa shape index (κ2) is 8.95. The van der Waals surface area contributed by atoms with E-state index < -0.39 is 0 Å². The molecule has 0 spiro atoms. The summed E-state index contributed by atoms with van der Waals surface area (Å²) in [5, 5.41) is 7.49. The fourth-order valence-electron chi connectivity index (χ4n) is 2.44. The van der Waals surface area contributed by atoms with E-state index in [0.29, 0.717) is 35.2 Å². The Morgan fingerprint density at radius 3 is 2.78 bits per heavy atom. The molecule has 0 aliphatic rings.